The van der Waals surface area contributed by atoms with Gasteiger partial charge < -0.3 is 19.4 Å². The molecule has 0 spiro atoms. The van der Waals surface area contributed by atoms with Crippen molar-refractivity contribution < 1.29 is 18.7 Å². The molecule has 0 radical (unpaired) electrons. The van der Waals surface area contributed by atoms with Crippen LogP contribution in [-0.4, -0.2) is 42.5 Å². The zero-order valence-electron chi connectivity index (χ0n) is 12.1. The van der Waals surface area contributed by atoms with E-state index in [1.165, 1.54) is 0 Å². The second kappa shape index (κ2) is 5.89. The molecule has 2 unspecified atom stereocenters. The van der Waals surface area contributed by atoms with Crippen LogP contribution >= 0.6 is 0 Å². The van der Waals surface area contributed by atoms with Crippen molar-refractivity contribution in [3.8, 4) is 0 Å². The molecule has 2 amide bonds. The summed E-state index contributed by atoms with van der Waals surface area (Å²) in [5, 5.41) is 3.00. The molecule has 114 valence electrons. The van der Waals surface area contributed by atoms with E-state index < -0.39 is 0 Å². The van der Waals surface area contributed by atoms with E-state index in [9.17, 15) is 9.59 Å². The molecule has 1 N–H and O–H groups in total. The van der Waals surface area contributed by atoms with Crippen LogP contribution < -0.4 is 5.32 Å². The molecule has 6 heteroatoms. The number of ether oxygens (including phenoxy) is 1. The van der Waals surface area contributed by atoms with Gasteiger partial charge in [-0.25, -0.2) is 0 Å². The van der Waals surface area contributed by atoms with Gasteiger partial charge in [-0.05, 0) is 25.0 Å². The highest BCUT2D eigenvalue weighted by atomic mass is 16.5. The molecular formula is C15H20N2O4. The van der Waals surface area contributed by atoms with Gasteiger partial charge in [0.25, 0.3) is 5.91 Å². The number of hydrogen-bond acceptors (Lipinski definition) is 4. The minimum absolute atomic E-state index is 0.0809. The third-order valence-electron chi connectivity index (χ3n) is 4.21. The number of nitrogens with zero attached hydrogens (tertiary/aromatic N) is 1. The highest BCUT2D eigenvalue weighted by Gasteiger charge is 2.39. The summed E-state index contributed by atoms with van der Waals surface area (Å²) in [5.41, 5.74) is 0. The minimum Gasteiger partial charge on any atom is -0.453 e. The lowest BCUT2D eigenvalue weighted by Gasteiger charge is -2.43. The molecular weight excluding hydrogens is 272 g/mol. The largest absolute Gasteiger partial charge is 0.453 e. The first-order chi connectivity index (χ1) is 10.2. The normalized spacial score (nSPS) is 25.4. The summed E-state index contributed by atoms with van der Waals surface area (Å²) in [6.45, 7) is 0.445. The average molecular weight is 292 g/mol. The molecule has 1 aromatic rings. The van der Waals surface area contributed by atoms with Gasteiger partial charge in [-0.3, -0.25) is 9.59 Å². The van der Waals surface area contributed by atoms with Crippen molar-refractivity contribution in [1.82, 2.24) is 10.2 Å². The smallest absolute Gasteiger partial charge is 0.290 e. The molecule has 2 aliphatic rings. The minimum atomic E-state index is -0.205. The Bertz CT molecular complexity index is 540. The first kappa shape index (κ1) is 14.1. The van der Waals surface area contributed by atoms with Gasteiger partial charge in [0.15, 0.2) is 5.76 Å². The zero-order valence-corrected chi connectivity index (χ0v) is 12.1. The fourth-order valence-electron chi connectivity index (χ4n) is 3.25. The molecule has 2 fully saturated rings. The Morgan fingerprint density at radius 2 is 2.24 bits per heavy atom. The van der Waals surface area contributed by atoms with Crippen LogP contribution in [0.15, 0.2) is 16.5 Å². The summed E-state index contributed by atoms with van der Waals surface area (Å²) >= 11 is 0. The van der Waals surface area contributed by atoms with Crippen LogP contribution in [0.1, 0.15) is 42.0 Å². The lowest BCUT2D eigenvalue weighted by atomic mass is 9.87. The lowest BCUT2D eigenvalue weighted by Crippen LogP contribution is -2.62. The number of hydrogen-bond donors (Lipinski definition) is 1. The monoisotopic (exact) mass is 292 g/mol. The Balaban J connectivity index is 1.79. The number of amides is 2. The SMILES string of the molecule is COCc1ccc(C(=O)N2CC(=O)NC3CCCCC32)o1. The fourth-order valence-corrected chi connectivity index (χ4v) is 3.25. The molecule has 1 saturated heterocycles. The highest BCUT2D eigenvalue weighted by molar-refractivity contribution is 5.95. The van der Waals surface area contributed by atoms with Crippen molar-refractivity contribution in [2.45, 2.75) is 44.4 Å². The quantitative estimate of drug-likeness (QED) is 0.911. The predicted octanol–water partition coefficient (Wildman–Crippen LogP) is 1.31. The molecule has 0 bridgehead atoms. The van der Waals surface area contributed by atoms with Crippen molar-refractivity contribution in [2.75, 3.05) is 13.7 Å². The standard InChI is InChI=1S/C15H20N2O4/c1-20-9-10-6-7-13(21-10)15(19)17-8-14(18)16-11-4-2-3-5-12(11)17/h6-7,11-12H,2-5,8-9H2,1H3,(H,16,18). The summed E-state index contributed by atoms with van der Waals surface area (Å²) in [5.74, 6) is 0.600. The van der Waals surface area contributed by atoms with E-state index in [0.29, 0.717) is 12.4 Å². The Morgan fingerprint density at radius 3 is 3.05 bits per heavy atom. The summed E-state index contributed by atoms with van der Waals surface area (Å²) in [4.78, 5) is 26.1. The Hall–Kier alpha value is -1.82. The van der Waals surface area contributed by atoms with Gasteiger partial charge in [0.1, 0.15) is 18.9 Å². The maximum Gasteiger partial charge on any atom is 0.290 e. The average Bonchev–Trinajstić information content (AvgIpc) is 2.94. The van der Waals surface area contributed by atoms with Gasteiger partial charge in [0.2, 0.25) is 5.91 Å². The van der Waals surface area contributed by atoms with Gasteiger partial charge in [-0.15, -0.1) is 0 Å². The Labute approximate surface area is 123 Å². The molecule has 21 heavy (non-hydrogen) atoms. The van der Waals surface area contributed by atoms with Crippen LogP contribution in [0.25, 0.3) is 0 Å². The summed E-state index contributed by atoms with van der Waals surface area (Å²) < 4.78 is 10.5. The van der Waals surface area contributed by atoms with Crippen LogP contribution in [0.2, 0.25) is 0 Å². The molecule has 2 atom stereocenters. The number of rotatable bonds is 3. The van der Waals surface area contributed by atoms with Crippen molar-refractivity contribution in [2.24, 2.45) is 0 Å². The third-order valence-corrected chi connectivity index (χ3v) is 4.21. The third kappa shape index (κ3) is 2.81. The molecule has 1 aromatic heterocycles. The van der Waals surface area contributed by atoms with Gasteiger partial charge in [-0.2, -0.15) is 0 Å². The second-order valence-corrected chi connectivity index (χ2v) is 5.66. The van der Waals surface area contributed by atoms with Crippen LogP contribution in [-0.2, 0) is 16.1 Å². The van der Waals surface area contributed by atoms with E-state index >= 15 is 0 Å². The molecule has 1 aliphatic heterocycles. The van der Waals surface area contributed by atoms with Gasteiger partial charge in [0, 0.05) is 13.2 Å². The number of carbonyl (C=O) groups excluding carboxylic acids is 2. The van der Waals surface area contributed by atoms with Crippen molar-refractivity contribution in [3.05, 3.63) is 23.7 Å². The Kier molecular flexibility index (Phi) is 3.96. The van der Waals surface area contributed by atoms with Crippen molar-refractivity contribution >= 4 is 11.8 Å². The van der Waals surface area contributed by atoms with E-state index in [-0.39, 0.29) is 36.2 Å². The van der Waals surface area contributed by atoms with Crippen LogP contribution in [0.5, 0.6) is 0 Å². The molecule has 3 rings (SSSR count). The number of carbonyl (C=O) groups is 2. The molecule has 1 saturated carbocycles. The van der Waals surface area contributed by atoms with Crippen LogP contribution in [0.4, 0.5) is 0 Å². The van der Waals surface area contributed by atoms with E-state index in [0.717, 1.165) is 25.7 Å². The molecule has 6 nitrogen and oxygen atoms in total. The predicted molar refractivity (Wildman–Crippen MR) is 74.6 cm³/mol. The first-order valence-corrected chi connectivity index (χ1v) is 7.37. The zero-order chi connectivity index (χ0) is 14.8. The Morgan fingerprint density at radius 1 is 1.43 bits per heavy atom. The van der Waals surface area contributed by atoms with E-state index in [1.54, 1.807) is 24.1 Å². The first-order valence-electron chi connectivity index (χ1n) is 7.37. The topological polar surface area (TPSA) is 71.8 Å². The molecule has 2 heterocycles. The van der Waals surface area contributed by atoms with Crippen LogP contribution in [0.3, 0.4) is 0 Å². The molecule has 0 aromatic carbocycles. The van der Waals surface area contributed by atoms with Gasteiger partial charge in [-0.1, -0.05) is 12.8 Å². The molecule has 1 aliphatic carbocycles. The number of fused-ring (bicyclic) bond motifs is 1. The van der Waals surface area contributed by atoms with Gasteiger partial charge >= 0.3 is 0 Å². The summed E-state index contributed by atoms with van der Waals surface area (Å²) in [6.07, 6.45) is 4.06. The summed E-state index contributed by atoms with van der Waals surface area (Å²) in [6, 6.07) is 3.55. The maximum atomic E-state index is 12.6. The van der Waals surface area contributed by atoms with Crippen molar-refractivity contribution in [1.29, 1.82) is 0 Å². The van der Waals surface area contributed by atoms with E-state index in [2.05, 4.69) is 5.32 Å². The lowest BCUT2D eigenvalue weighted by molar-refractivity contribution is -0.127. The second-order valence-electron chi connectivity index (χ2n) is 5.66. The number of piperazine rings is 1. The number of methoxy groups -OCH3 is 1. The fraction of sp³-hybridized carbons (Fsp3) is 0.600. The van der Waals surface area contributed by atoms with Gasteiger partial charge in [0.05, 0.1) is 6.04 Å². The highest BCUT2D eigenvalue weighted by Crippen LogP contribution is 2.27. The maximum absolute atomic E-state index is 12.6. The van der Waals surface area contributed by atoms with Crippen molar-refractivity contribution in [3.63, 3.8) is 0 Å². The van der Waals surface area contributed by atoms with E-state index in [1.807, 2.05) is 0 Å². The number of furan rings is 1. The van der Waals surface area contributed by atoms with Crippen LogP contribution in [0, 0.1) is 0 Å². The summed E-state index contributed by atoms with van der Waals surface area (Å²) in [7, 11) is 1.58. The number of nitrogens with one attached hydrogen (secondary N) is 1. The van der Waals surface area contributed by atoms with E-state index in [4.69, 9.17) is 9.15 Å².